The molecule has 0 aliphatic carbocycles. The Morgan fingerprint density at radius 1 is 1.00 bits per heavy atom. The number of H-pyrrole nitrogens is 2. The minimum atomic E-state index is -3.44. The van der Waals surface area contributed by atoms with Gasteiger partial charge in [0, 0.05) is 54.9 Å². The second-order valence-corrected chi connectivity index (χ2v) is 13.3. The van der Waals surface area contributed by atoms with Crippen molar-refractivity contribution in [3.05, 3.63) is 90.0 Å². The molecule has 2 aromatic carbocycles. The number of fused-ring (bicyclic) bond motifs is 2. The molecule has 0 unspecified atom stereocenters. The number of pyridine rings is 2. The lowest BCUT2D eigenvalue weighted by Gasteiger charge is -2.15. The Hall–Kier alpha value is -4.59. The number of nitrogens with one attached hydrogen (secondary N) is 3. The standard InChI is InChI=1S/C32H28F3N7O2S/c1-45(43,44)37-15-19-9-21(12-23(33)11-19)24-3-2-4-27-25(24)13-29(38-27)31-30-28(40-41-31)6-5-26(39-30)22-10-20(14-36-16-22)17-42-8-7-32(34,35)18-42/h2-6,9-14,16,37-38H,7-8,15,17-18H2,1H3,(H,40,41). The summed E-state index contributed by atoms with van der Waals surface area (Å²) in [5.41, 5.74) is 7.58. The zero-order valence-electron chi connectivity index (χ0n) is 24.1. The van der Waals surface area contributed by atoms with Crippen LogP contribution < -0.4 is 4.72 Å². The van der Waals surface area contributed by atoms with Gasteiger partial charge in [-0.15, -0.1) is 0 Å². The van der Waals surface area contributed by atoms with Gasteiger partial charge in [-0.3, -0.25) is 15.0 Å². The highest BCUT2D eigenvalue weighted by Crippen LogP contribution is 2.35. The van der Waals surface area contributed by atoms with E-state index in [0.29, 0.717) is 46.8 Å². The number of rotatable bonds is 8. The lowest BCUT2D eigenvalue weighted by atomic mass is 9.99. The molecule has 45 heavy (non-hydrogen) atoms. The molecule has 0 spiro atoms. The molecule has 230 valence electrons. The predicted molar refractivity (Wildman–Crippen MR) is 166 cm³/mol. The van der Waals surface area contributed by atoms with E-state index in [-0.39, 0.29) is 19.5 Å². The van der Waals surface area contributed by atoms with Crippen molar-refractivity contribution >= 4 is 32.0 Å². The molecular formula is C32H28F3N7O2S. The van der Waals surface area contributed by atoms with Crippen LogP contribution in [0.1, 0.15) is 17.5 Å². The molecule has 1 fully saturated rings. The van der Waals surface area contributed by atoms with E-state index in [1.54, 1.807) is 23.4 Å². The SMILES string of the molecule is CS(=O)(=O)NCc1cc(F)cc(-c2cccc3[nH]c(-c4n[nH]c5ccc(-c6cncc(CN7CCC(F)(F)C7)c6)nc45)cc23)c1. The number of nitrogens with zero attached hydrogens (tertiary/aromatic N) is 4. The molecule has 1 aliphatic heterocycles. The van der Waals surface area contributed by atoms with Crippen LogP contribution in [0.3, 0.4) is 0 Å². The monoisotopic (exact) mass is 631 g/mol. The summed E-state index contributed by atoms with van der Waals surface area (Å²) >= 11 is 0. The Balaban J connectivity index is 1.22. The van der Waals surface area contributed by atoms with Crippen LogP contribution in [0.15, 0.2) is 73.1 Å². The summed E-state index contributed by atoms with van der Waals surface area (Å²) in [6, 6.07) is 17.7. The Kier molecular flexibility index (Phi) is 7.18. The summed E-state index contributed by atoms with van der Waals surface area (Å²) < 4.78 is 67.6. The first-order chi connectivity index (χ1) is 21.5. The van der Waals surface area contributed by atoms with Gasteiger partial charge >= 0.3 is 0 Å². The number of benzene rings is 2. The maximum absolute atomic E-state index is 14.6. The molecule has 0 atom stereocenters. The summed E-state index contributed by atoms with van der Waals surface area (Å²) in [7, 11) is -3.44. The van der Waals surface area contributed by atoms with E-state index >= 15 is 0 Å². The molecular weight excluding hydrogens is 603 g/mol. The van der Waals surface area contributed by atoms with Gasteiger partial charge in [0.1, 0.15) is 17.0 Å². The van der Waals surface area contributed by atoms with Crippen molar-refractivity contribution in [2.45, 2.75) is 25.4 Å². The first-order valence-electron chi connectivity index (χ1n) is 14.3. The van der Waals surface area contributed by atoms with Crippen molar-refractivity contribution < 1.29 is 21.6 Å². The number of alkyl halides is 2. The summed E-state index contributed by atoms with van der Waals surface area (Å²) in [4.78, 5) is 14.4. The van der Waals surface area contributed by atoms with Crippen molar-refractivity contribution in [1.29, 1.82) is 0 Å². The number of halogens is 3. The summed E-state index contributed by atoms with van der Waals surface area (Å²) in [6.45, 7) is 0.436. The highest BCUT2D eigenvalue weighted by molar-refractivity contribution is 7.88. The average molecular weight is 632 g/mol. The molecule has 7 rings (SSSR count). The molecule has 0 saturated carbocycles. The number of hydrogen-bond acceptors (Lipinski definition) is 6. The fraction of sp³-hybridized carbons (Fsp3) is 0.219. The Bertz CT molecular complexity index is 2180. The number of hydrogen-bond donors (Lipinski definition) is 3. The first kappa shape index (κ1) is 29.1. The van der Waals surface area contributed by atoms with Crippen LogP contribution in [0.25, 0.3) is 55.7 Å². The molecule has 1 saturated heterocycles. The Morgan fingerprint density at radius 2 is 1.84 bits per heavy atom. The van der Waals surface area contributed by atoms with E-state index in [1.807, 2.05) is 42.5 Å². The predicted octanol–water partition coefficient (Wildman–Crippen LogP) is 5.86. The van der Waals surface area contributed by atoms with Gasteiger partial charge in [-0.05, 0) is 70.8 Å². The molecule has 13 heteroatoms. The second-order valence-electron chi connectivity index (χ2n) is 11.5. The zero-order valence-corrected chi connectivity index (χ0v) is 24.9. The maximum atomic E-state index is 14.6. The van der Waals surface area contributed by atoms with Crippen LogP contribution in [0.2, 0.25) is 0 Å². The summed E-state index contributed by atoms with van der Waals surface area (Å²) in [5, 5.41) is 8.40. The van der Waals surface area contributed by atoms with Gasteiger partial charge in [-0.25, -0.2) is 31.3 Å². The van der Waals surface area contributed by atoms with Gasteiger partial charge in [-0.2, -0.15) is 5.10 Å². The fourth-order valence-electron chi connectivity index (χ4n) is 5.82. The van der Waals surface area contributed by atoms with Crippen molar-refractivity contribution in [2.24, 2.45) is 0 Å². The number of aromatic amines is 2. The molecule has 6 aromatic rings. The van der Waals surface area contributed by atoms with Crippen LogP contribution in [0, 0.1) is 5.82 Å². The molecule has 0 amide bonds. The number of sulfonamides is 1. The minimum absolute atomic E-state index is 0.0299. The lowest BCUT2D eigenvalue weighted by molar-refractivity contribution is 0.0115. The zero-order chi connectivity index (χ0) is 31.3. The highest BCUT2D eigenvalue weighted by Gasteiger charge is 2.37. The van der Waals surface area contributed by atoms with Gasteiger partial charge in [0.15, 0.2) is 0 Å². The molecule has 0 bridgehead atoms. The second kappa shape index (κ2) is 11.1. The van der Waals surface area contributed by atoms with Crippen LogP contribution in [-0.4, -0.2) is 63.7 Å². The van der Waals surface area contributed by atoms with Gasteiger partial charge in [0.05, 0.1) is 29.7 Å². The summed E-state index contributed by atoms with van der Waals surface area (Å²) in [5.74, 6) is -3.13. The van der Waals surface area contributed by atoms with Gasteiger partial charge in [0.25, 0.3) is 5.92 Å². The van der Waals surface area contributed by atoms with Gasteiger partial charge in [-0.1, -0.05) is 12.1 Å². The Morgan fingerprint density at radius 3 is 2.64 bits per heavy atom. The molecule has 5 heterocycles. The van der Waals surface area contributed by atoms with Crippen LogP contribution in [-0.2, 0) is 23.1 Å². The van der Waals surface area contributed by atoms with E-state index in [4.69, 9.17) is 4.98 Å². The third-order valence-electron chi connectivity index (χ3n) is 7.88. The van der Waals surface area contributed by atoms with Crippen molar-refractivity contribution in [1.82, 2.24) is 34.8 Å². The number of likely N-dealkylation sites (tertiary alicyclic amines) is 1. The fourth-order valence-corrected chi connectivity index (χ4v) is 6.25. The van der Waals surface area contributed by atoms with Crippen molar-refractivity contribution in [3.63, 3.8) is 0 Å². The van der Waals surface area contributed by atoms with Crippen LogP contribution >= 0.6 is 0 Å². The maximum Gasteiger partial charge on any atom is 0.261 e. The topological polar surface area (TPSA) is 120 Å². The number of aromatic nitrogens is 5. The van der Waals surface area contributed by atoms with E-state index in [0.717, 1.165) is 39.4 Å². The minimum Gasteiger partial charge on any atom is -0.353 e. The van der Waals surface area contributed by atoms with Crippen LogP contribution in [0.4, 0.5) is 13.2 Å². The van der Waals surface area contributed by atoms with Crippen molar-refractivity contribution in [2.75, 3.05) is 19.3 Å². The van der Waals surface area contributed by atoms with Gasteiger partial charge in [0.2, 0.25) is 10.0 Å². The van der Waals surface area contributed by atoms with E-state index in [1.165, 1.54) is 12.1 Å². The molecule has 3 N–H and O–H groups in total. The molecule has 0 radical (unpaired) electrons. The average Bonchev–Trinajstić information content (AvgIpc) is 3.71. The van der Waals surface area contributed by atoms with Crippen molar-refractivity contribution in [3.8, 4) is 33.8 Å². The quantitative estimate of drug-likeness (QED) is 0.194. The van der Waals surface area contributed by atoms with E-state index in [2.05, 4.69) is 24.9 Å². The van der Waals surface area contributed by atoms with Gasteiger partial charge < -0.3 is 4.98 Å². The van der Waals surface area contributed by atoms with Crippen LogP contribution in [0.5, 0.6) is 0 Å². The molecule has 9 nitrogen and oxygen atoms in total. The lowest BCUT2D eigenvalue weighted by Crippen LogP contribution is -2.24. The molecule has 1 aliphatic rings. The van der Waals surface area contributed by atoms with E-state index < -0.39 is 21.8 Å². The third kappa shape index (κ3) is 6.19. The molecule has 4 aromatic heterocycles. The normalized spacial score (nSPS) is 15.4. The smallest absolute Gasteiger partial charge is 0.261 e. The highest BCUT2D eigenvalue weighted by atomic mass is 32.2. The van der Waals surface area contributed by atoms with E-state index in [9.17, 15) is 21.6 Å². The first-order valence-corrected chi connectivity index (χ1v) is 16.2. The largest absolute Gasteiger partial charge is 0.353 e. The Labute approximate surface area is 256 Å². The third-order valence-corrected chi connectivity index (χ3v) is 8.55. The summed E-state index contributed by atoms with van der Waals surface area (Å²) in [6.07, 6.45) is 4.31.